The number of likely N-dealkylation sites (tertiary alicyclic amines) is 1. The molecule has 3 rings (SSSR count). The van der Waals surface area contributed by atoms with Crippen molar-refractivity contribution in [3.05, 3.63) is 66.5 Å². The van der Waals surface area contributed by atoms with Crippen molar-refractivity contribution in [3.63, 3.8) is 0 Å². The topological polar surface area (TPSA) is 91.7 Å². The van der Waals surface area contributed by atoms with Gasteiger partial charge in [-0.1, -0.05) is 37.5 Å². The van der Waals surface area contributed by atoms with E-state index >= 15 is 0 Å². The lowest BCUT2D eigenvalue weighted by atomic mass is 9.97. The molecule has 0 aromatic heterocycles. The summed E-state index contributed by atoms with van der Waals surface area (Å²) >= 11 is 0. The Kier molecular flexibility index (Phi) is 8.57. The van der Waals surface area contributed by atoms with E-state index < -0.39 is 35.5 Å². The fraction of sp³-hybridized carbons (Fsp3) is 0.464. The minimum absolute atomic E-state index is 0.0180. The van der Waals surface area contributed by atoms with Crippen LogP contribution in [0.5, 0.6) is 5.75 Å². The van der Waals surface area contributed by atoms with Gasteiger partial charge in [0.25, 0.3) is 0 Å². The molecular formula is C28H34FN3O4. The van der Waals surface area contributed by atoms with Crippen molar-refractivity contribution < 1.29 is 23.5 Å². The Morgan fingerprint density at radius 3 is 2.69 bits per heavy atom. The molecule has 2 fully saturated rings. The maximum Gasteiger partial charge on any atom is 0.411 e. The van der Waals surface area contributed by atoms with E-state index in [2.05, 4.69) is 18.5 Å². The second kappa shape index (κ2) is 11.4. The highest BCUT2D eigenvalue weighted by Crippen LogP contribution is 2.43. The molecule has 1 aliphatic carbocycles. The van der Waals surface area contributed by atoms with Crippen molar-refractivity contribution in [1.82, 2.24) is 10.2 Å². The van der Waals surface area contributed by atoms with Crippen LogP contribution in [-0.4, -0.2) is 47.2 Å². The summed E-state index contributed by atoms with van der Waals surface area (Å²) in [5, 5.41) is 12.4. The standard InChI is InChI=1S/C28H34FN3O4/c1-6-8-18(7-2)17-35-23-12-10-19(24(29)15-23)13-21(16-30)31-26(33)25-20-9-11-22(14-20)32(25)27(34)36-28(3,4)5/h6-8,10,12,15,20-22,25H,1-2,9,11,13-14,17H2,3-5H3,(H,31,33)/b18-8+/t20-,21-,22+,25-/m0/s1. The molecule has 192 valence electrons. The third-order valence-corrected chi connectivity index (χ3v) is 6.38. The zero-order valence-electron chi connectivity index (χ0n) is 21.1. The van der Waals surface area contributed by atoms with E-state index in [-0.39, 0.29) is 30.6 Å². The highest BCUT2D eigenvalue weighted by molar-refractivity contribution is 5.87. The van der Waals surface area contributed by atoms with Gasteiger partial charge in [-0.2, -0.15) is 5.26 Å². The third kappa shape index (κ3) is 6.54. The smallest absolute Gasteiger partial charge is 0.411 e. The number of nitrogens with zero attached hydrogens (tertiary/aromatic N) is 2. The Morgan fingerprint density at radius 1 is 1.33 bits per heavy atom. The van der Waals surface area contributed by atoms with Crippen LogP contribution in [0, 0.1) is 23.1 Å². The number of benzene rings is 1. The molecule has 1 aromatic carbocycles. The summed E-state index contributed by atoms with van der Waals surface area (Å²) in [5.41, 5.74) is 0.386. The predicted octanol–water partition coefficient (Wildman–Crippen LogP) is 4.84. The molecule has 7 nitrogen and oxygen atoms in total. The molecular weight excluding hydrogens is 461 g/mol. The number of ether oxygens (including phenoxy) is 2. The second-order valence-electron chi connectivity index (χ2n) is 10.2. The van der Waals surface area contributed by atoms with Gasteiger partial charge in [0.05, 0.1) is 6.07 Å². The quantitative estimate of drug-likeness (QED) is 0.495. The first-order chi connectivity index (χ1) is 17.1. The molecule has 2 amide bonds. The molecule has 1 aromatic rings. The van der Waals surface area contributed by atoms with E-state index in [9.17, 15) is 19.2 Å². The van der Waals surface area contributed by atoms with Crippen LogP contribution in [0.2, 0.25) is 0 Å². The number of allylic oxidation sites excluding steroid dienone is 2. The Morgan fingerprint density at radius 2 is 2.08 bits per heavy atom. The average Bonchev–Trinajstić information content (AvgIpc) is 3.43. The van der Waals surface area contributed by atoms with Crippen molar-refractivity contribution in [2.24, 2.45) is 5.92 Å². The van der Waals surface area contributed by atoms with Crippen molar-refractivity contribution in [3.8, 4) is 11.8 Å². The van der Waals surface area contributed by atoms with Crippen LogP contribution >= 0.6 is 0 Å². The third-order valence-electron chi connectivity index (χ3n) is 6.38. The Labute approximate surface area is 212 Å². The van der Waals surface area contributed by atoms with Crippen LogP contribution in [0.15, 0.2) is 55.2 Å². The SMILES string of the molecule is C=C/C=C(\C=C)COc1ccc(C[C@@H](C#N)NC(=O)[C@@H]2[C@H]3CC[C@H](C3)N2C(=O)OC(C)(C)C)c(F)c1. The fourth-order valence-corrected chi connectivity index (χ4v) is 4.79. The van der Waals surface area contributed by atoms with E-state index in [1.165, 1.54) is 17.0 Å². The molecule has 4 atom stereocenters. The van der Waals surface area contributed by atoms with Crippen LogP contribution in [-0.2, 0) is 16.0 Å². The molecule has 1 saturated heterocycles. The van der Waals surface area contributed by atoms with E-state index in [1.54, 1.807) is 45.1 Å². The van der Waals surface area contributed by atoms with Crippen molar-refractivity contribution in [1.29, 1.82) is 5.26 Å². The van der Waals surface area contributed by atoms with E-state index in [0.29, 0.717) is 5.75 Å². The molecule has 8 heteroatoms. The monoisotopic (exact) mass is 495 g/mol. The first-order valence-corrected chi connectivity index (χ1v) is 12.1. The van der Waals surface area contributed by atoms with Gasteiger partial charge in [0.1, 0.15) is 35.9 Å². The lowest BCUT2D eigenvalue weighted by molar-refractivity contribution is -0.128. The molecule has 1 heterocycles. The number of hydrogen-bond acceptors (Lipinski definition) is 5. The second-order valence-corrected chi connectivity index (χ2v) is 10.2. The number of fused-ring (bicyclic) bond motifs is 2. The Bertz CT molecular complexity index is 1090. The number of carbonyl (C=O) groups excluding carboxylic acids is 2. The first kappa shape index (κ1) is 27.0. The zero-order valence-corrected chi connectivity index (χ0v) is 21.1. The number of piperidine rings is 1. The minimum atomic E-state index is -0.957. The van der Waals surface area contributed by atoms with Gasteiger partial charge in [-0.05, 0) is 63.2 Å². The van der Waals surface area contributed by atoms with Gasteiger partial charge in [0.2, 0.25) is 5.91 Å². The van der Waals surface area contributed by atoms with Crippen molar-refractivity contribution >= 4 is 12.0 Å². The lowest BCUT2D eigenvalue weighted by Crippen LogP contribution is -2.55. The predicted molar refractivity (Wildman–Crippen MR) is 135 cm³/mol. The number of nitrogens with one attached hydrogen (secondary N) is 1. The normalized spacial score (nSPS) is 21.9. The van der Waals surface area contributed by atoms with Gasteiger partial charge in [-0.25, -0.2) is 9.18 Å². The Hall–Kier alpha value is -3.60. The molecule has 1 saturated carbocycles. The van der Waals surface area contributed by atoms with E-state index in [4.69, 9.17) is 9.47 Å². The summed E-state index contributed by atoms with van der Waals surface area (Å²) in [6.07, 6.45) is 6.86. The number of carbonyl (C=O) groups is 2. The lowest BCUT2D eigenvalue weighted by Gasteiger charge is -2.35. The van der Waals surface area contributed by atoms with Crippen LogP contribution in [0.3, 0.4) is 0 Å². The summed E-state index contributed by atoms with van der Waals surface area (Å²) in [6, 6.07) is 4.74. The summed E-state index contributed by atoms with van der Waals surface area (Å²) in [4.78, 5) is 27.5. The number of hydrogen-bond donors (Lipinski definition) is 1. The van der Waals surface area contributed by atoms with Gasteiger partial charge >= 0.3 is 6.09 Å². The molecule has 2 aliphatic rings. The molecule has 0 radical (unpaired) electrons. The van der Waals surface area contributed by atoms with Crippen LogP contribution in [0.4, 0.5) is 9.18 Å². The maximum atomic E-state index is 14.8. The Balaban J connectivity index is 1.65. The van der Waals surface area contributed by atoms with Crippen molar-refractivity contribution in [2.45, 2.75) is 70.2 Å². The molecule has 1 N–H and O–H groups in total. The molecule has 0 unspecified atom stereocenters. The maximum absolute atomic E-state index is 14.8. The van der Waals surface area contributed by atoms with Gasteiger partial charge in [0.15, 0.2) is 0 Å². The van der Waals surface area contributed by atoms with Gasteiger partial charge < -0.3 is 14.8 Å². The summed E-state index contributed by atoms with van der Waals surface area (Å²) in [6.45, 7) is 12.9. The molecule has 0 spiro atoms. The molecule has 1 aliphatic heterocycles. The van der Waals surface area contributed by atoms with Crippen LogP contribution in [0.25, 0.3) is 0 Å². The van der Waals surface area contributed by atoms with Crippen molar-refractivity contribution in [2.75, 3.05) is 6.61 Å². The number of rotatable bonds is 9. The summed E-state index contributed by atoms with van der Waals surface area (Å²) in [5.74, 6) is -0.595. The van der Waals surface area contributed by atoms with E-state index in [1.807, 2.05) is 6.07 Å². The van der Waals surface area contributed by atoms with Crippen LogP contribution < -0.4 is 10.1 Å². The average molecular weight is 496 g/mol. The van der Waals surface area contributed by atoms with Gasteiger partial charge in [-0.3, -0.25) is 9.69 Å². The minimum Gasteiger partial charge on any atom is -0.489 e. The highest BCUT2D eigenvalue weighted by Gasteiger charge is 2.52. The molecule has 2 bridgehead atoms. The summed E-state index contributed by atoms with van der Waals surface area (Å²) in [7, 11) is 0. The number of amides is 2. The first-order valence-electron chi connectivity index (χ1n) is 12.1. The largest absolute Gasteiger partial charge is 0.489 e. The van der Waals surface area contributed by atoms with E-state index in [0.717, 1.165) is 24.8 Å². The van der Waals surface area contributed by atoms with Crippen LogP contribution in [0.1, 0.15) is 45.6 Å². The summed E-state index contributed by atoms with van der Waals surface area (Å²) < 4.78 is 25.9. The molecule has 36 heavy (non-hydrogen) atoms. The van der Waals surface area contributed by atoms with Gasteiger partial charge in [0, 0.05) is 18.5 Å². The number of nitriles is 1. The zero-order chi connectivity index (χ0) is 26.5. The highest BCUT2D eigenvalue weighted by atomic mass is 19.1. The fourth-order valence-electron chi connectivity index (χ4n) is 4.79. The number of halogens is 1. The van der Waals surface area contributed by atoms with Gasteiger partial charge in [-0.15, -0.1) is 0 Å².